The van der Waals surface area contributed by atoms with Crippen LogP contribution in [0.1, 0.15) is 41.6 Å². The lowest BCUT2D eigenvalue weighted by atomic mass is 10.0. The van der Waals surface area contributed by atoms with Crippen LogP contribution in [0.25, 0.3) is 0 Å². The second-order valence-corrected chi connectivity index (χ2v) is 6.02. The van der Waals surface area contributed by atoms with Gasteiger partial charge in [-0.3, -0.25) is 9.59 Å². The van der Waals surface area contributed by atoms with Crippen LogP contribution in [0.15, 0.2) is 24.3 Å². The van der Waals surface area contributed by atoms with Crippen LogP contribution in [0, 0.1) is 0 Å². The molecule has 24 heavy (non-hydrogen) atoms. The second-order valence-electron chi connectivity index (χ2n) is 6.02. The molecule has 0 aliphatic carbocycles. The fraction of sp³-hybridized carbons (Fsp3) is 0.556. The quantitative estimate of drug-likeness (QED) is 0.825. The van der Waals surface area contributed by atoms with Gasteiger partial charge in [-0.25, -0.2) is 0 Å². The normalized spacial score (nSPS) is 17.3. The van der Waals surface area contributed by atoms with Crippen molar-refractivity contribution in [2.24, 2.45) is 0 Å². The van der Waals surface area contributed by atoms with E-state index >= 15 is 0 Å². The number of hydrogen-bond acceptors (Lipinski definition) is 4. The maximum Gasteiger partial charge on any atom is 0.305 e. The zero-order valence-electron chi connectivity index (χ0n) is 14.4. The van der Waals surface area contributed by atoms with Gasteiger partial charge in [0.15, 0.2) is 0 Å². The summed E-state index contributed by atoms with van der Waals surface area (Å²) in [6, 6.07) is 7.83. The van der Waals surface area contributed by atoms with Crippen LogP contribution in [-0.4, -0.2) is 50.1 Å². The molecular weight excluding hydrogens is 328 g/mol. The Kier molecular flexibility index (Phi) is 8.79. The average molecular weight is 355 g/mol. The average Bonchev–Trinajstić information content (AvgIpc) is 2.88. The van der Waals surface area contributed by atoms with Crippen molar-refractivity contribution < 1.29 is 14.3 Å². The molecule has 0 bridgehead atoms. The van der Waals surface area contributed by atoms with Crippen molar-refractivity contribution in [3.8, 4) is 0 Å². The third-order valence-electron chi connectivity index (χ3n) is 4.46. The molecule has 1 atom stereocenters. The largest absolute Gasteiger partial charge is 0.469 e. The van der Waals surface area contributed by atoms with Gasteiger partial charge in [0.1, 0.15) is 0 Å². The van der Waals surface area contributed by atoms with Crippen molar-refractivity contribution in [1.29, 1.82) is 0 Å². The van der Waals surface area contributed by atoms with E-state index in [1.165, 1.54) is 7.11 Å². The van der Waals surface area contributed by atoms with Crippen LogP contribution in [-0.2, 0) is 16.0 Å². The Morgan fingerprint density at radius 3 is 2.58 bits per heavy atom. The molecular formula is C18H27ClN2O3. The van der Waals surface area contributed by atoms with E-state index in [1.807, 2.05) is 36.2 Å². The SMILES string of the molecule is COC(=O)CCc1ccc(C(=O)N(C)C2CCCNCC2)cc1.Cl. The highest BCUT2D eigenvalue weighted by atomic mass is 35.5. The number of halogens is 1. The molecule has 1 aromatic carbocycles. The van der Waals surface area contributed by atoms with Crippen molar-refractivity contribution in [3.63, 3.8) is 0 Å². The van der Waals surface area contributed by atoms with Crippen LogP contribution in [0.2, 0.25) is 0 Å². The highest BCUT2D eigenvalue weighted by molar-refractivity contribution is 5.94. The minimum absolute atomic E-state index is 0. The Morgan fingerprint density at radius 2 is 1.92 bits per heavy atom. The Balaban J connectivity index is 0.00000288. The van der Waals surface area contributed by atoms with Crippen molar-refractivity contribution in [2.75, 3.05) is 27.2 Å². The third kappa shape index (κ3) is 5.80. The van der Waals surface area contributed by atoms with Crippen LogP contribution < -0.4 is 5.32 Å². The summed E-state index contributed by atoms with van der Waals surface area (Å²) in [4.78, 5) is 25.6. The highest BCUT2D eigenvalue weighted by Crippen LogP contribution is 2.16. The maximum atomic E-state index is 12.6. The summed E-state index contributed by atoms with van der Waals surface area (Å²) in [6.45, 7) is 2.00. The molecule has 1 N–H and O–H groups in total. The summed E-state index contributed by atoms with van der Waals surface area (Å²) in [5.74, 6) is -0.150. The molecule has 6 heteroatoms. The van der Waals surface area contributed by atoms with Gasteiger partial charge in [0.25, 0.3) is 5.91 Å². The number of rotatable bonds is 5. The van der Waals surface area contributed by atoms with Gasteiger partial charge >= 0.3 is 5.97 Å². The number of aryl methyl sites for hydroxylation is 1. The molecule has 1 saturated heterocycles. The number of benzene rings is 1. The summed E-state index contributed by atoms with van der Waals surface area (Å²) in [7, 11) is 3.28. The second kappa shape index (κ2) is 10.3. The Labute approximate surface area is 150 Å². The summed E-state index contributed by atoms with van der Waals surface area (Å²) in [5.41, 5.74) is 1.74. The molecule has 1 fully saturated rings. The van der Waals surface area contributed by atoms with E-state index in [2.05, 4.69) is 10.1 Å². The van der Waals surface area contributed by atoms with Gasteiger partial charge in [-0.05, 0) is 56.5 Å². The van der Waals surface area contributed by atoms with E-state index in [0.717, 1.165) is 37.9 Å². The van der Waals surface area contributed by atoms with E-state index in [-0.39, 0.29) is 24.3 Å². The number of hydrogen-bond donors (Lipinski definition) is 1. The molecule has 1 heterocycles. The highest BCUT2D eigenvalue weighted by Gasteiger charge is 2.21. The minimum Gasteiger partial charge on any atom is -0.469 e. The van der Waals surface area contributed by atoms with E-state index in [4.69, 9.17) is 0 Å². The van der Waals surface area contributed by atoms with E-state index in [0.29, 0.717) is 24.4 Å². The predicted molar refractivity (Wildman–Crippen MR) is 96.6 cm³/mol. The van der Waals surface area contributed by atoms with E-state index in [9.17, 15) is 9.59 Å². The number of nitrogens with one attached hydrogen (secondary N) is 1. The zero-order valence-corrected chi connectivity index (χ0v) is 15.2. The van der Waals surface area contributed by atoms with Crippen LogP contribution >= 0.6 is 12.4 Å². The molecule has 1 aromatic rings. The Morgan fingerprint density at radius 1 is 1.21 bits per heavy atom. The molecule has 0 saturated carbocycles. The Bertz CT molecular complexity index is 526. The summed E-state index contributed by atoms with van der Waals surface area (Å²) >= 11 is 0. The number of ether oxygens (including phenoxy) is 1. The zero-order chi connectivity index (χ0) is 16.7. The first kappa shape index (κ1) is 20.5. The lowest BCUT2D eigenvalue weighted by molar-refractivity contribution is -0.140. The first-order valence-corrected chi connectivity index (χ1v) is 8.25. The molecule has 134 valence electrons. The lowest BCUT2D eigenvalue weighted by Crippen LogP contribution is -2.37. The molecule has 1 aliphatic rings. The van der Waals surface area contributed by atoms with Gasteiger partial charge in [-0.2, -0.15) is 0 Å². The first-order chi connectivity index (χ1) is 11.1. The molecule has 1 amide bonds. The van der Waals surface area contributed by atoms with Gasteiger partial charge in [-0.15, -0.1) is 12.4 Å². The smallest absolute Gasteiger partial charge is 0.305 e. The predicted octanol–water partition coefficient (Wildman–Crippen LogP) is 2.43. The van der Waals surface area contributed by atoms with Crippen molar-refractivity contribution in [1.82, 2.24) is 10.2 Å². The van der Waals surface area contributed by atoms with Gasteiger partial charge in [0, 0.05) is 25.1 Å². The van der Waals surface area contributed by atoms with Crippen LogP contribution in [0.4, 0.5) is 0 Å². The van der Waals surface area contributed by atoms with Gasteiger partial charge in [0.2, 0.25) is 0 Å². The number of esters is 1. The van der Waals surface area contributed by atoms with Gasteiger partial charge in [-0.1, -0.05) is 12.1 Å². The van der Waals surface area contributed by atoms with Crippen molar-refractivity contribution in [3.05, 3.63) is 35.4 Å². The standard InChI is InChI=1S/C18H26N2O3.ClH/c1-20(16-4-3-12-19-13-11-16)18(22)15-8-5-14(6-9-15)7-10-17(21)23-2;/h5-6,8-9,16,19H,3-4,7,10-13H2,1-2H3;1H. The number of methoxy groups -OCH3 is 1. The molecule has 0 spiro atoms. The number of nitrogens with zero attached hydrogens (tertiary/aromatic N) is 1. The van der Waals surface area contributed by atoms with Crippen LogP contribution in [0.5, 0.6) is 0 Å². The number of carbonyl (C=O) groups excluding carboxylic acids is 2. The fourth-order valence-electron chi connectivity index (χ4n) is 2.92. The van der Waals surface area contributed by atoms with Crippen LogP contribution in [0.3, 0.4) is 0 Å². The minimum atomic E-state index is -0.216. The Hall–Kier alpha value is -1.59. The third-order valence-corrected chi connectivity index (χ3v) is 4.46. The maximum absolute atomic E-state index is 12.6. The lowest BCUT2D eigenvalue weighted by Gasteiger charge is -2.27. The molecule has 1 unspecified atom stereocenters. The fourth-order valence-corrected chi connectivity index (χ4v) is 2.92. The van der Waals surface area contributed by atoms with Crippen molar-refractivity contribution >= 4 is 24.3 Å². The number of amides is 1. The van der Waals surface area contributed by atoms with E-state index < -0.39 is 0 Å². The summed E-state index contributed by atoms with van der Waals surface area (Å²) in [5, 5.41) is 3.37. The topological polar surface area (TPSA) is 58.6 Å². The molecule has 5 nitrogen and oxygen atoms in total. The monoisotopic (exact) mass is 354 g/mol. The van der Waals surface area contributed by atoms with Crippen molar-refractivity contribution in [2.45, 2.75) is 38.1 Å². The molecule has 1 aliphatic heterocycles. The number of carbonyl (C=O) groups is 2. The van der Waals surface area contributed by atoms with Gasteiger partial charge in [0.05, 0.1) is 7.11 Å². The first-order valence-electron chi connectivity index (χ1n) is 8.25. The summed E-state index contributed by atoms with van der Waals surface area (Å²) in [6.07, 6.45) is 4.14. The molecule has 0 aromatic heterocycles. The van der Waals surface area contributed by atoms with E-state index in [1.54, 1.807) is 0 Å². The molecule has 2 rings (SSSR count). The summed E-state index contributed by atoms with van der Waals surface area (Å²) < 4.78 is 4.64. The van der Waals surface area contributed by atoms with Gasteiger partial charge < -0.3 is 15.0 Å². The molecule has 0 radical (unpaired) electrons.